The first kappa shape index (κ1) is 19.7. The summed E-state index contributed by atoms with van der Waals surface area (Å²) in [6.45, 7) is 11.7. The molecular formula is C16H30N6O3S. The Kier molecular flexibility index (Phi) is 5.69. The minimum absolute atomic E-state index is 0.166. The van der Waals surface area contributed by atoms with E-state index in [1.54, 1.807) is 8.61 Å². The number of rotatable bonds is 4. The molecule has 3 heterocycles. The molecule has 0 aromatic carbocycles. The Morgan fingerprint density at radius 2 is 1.50 bits per heavy atom. The molecule has 10 heteroatoms. The summed E-state index contributed by atoms with van der Waals surface area (Å²) in [5, 5.41) is 4.05. The molecule has 0 aliphatic carbocycles. The highest BCUT2D eigenvalue weighted by molar-refractivity contribution is 7.86. The van der Waals surface area contributed by atoms with E-state index >= 15 is 0 Å². The minimum atomic E-state index is -3.36. The molecule has 26 heavy (non-hydrogen) atoms. The highest BCUT2D eigenvalue weighted by Gasteiger charge is 2.34. The minimum Gasteiger partial charge on any atom is -0.339 e. The van der Waals surface area contributed by atoms with Gasteiger partial charge in [0.25, 0.3) is 10.2 Å². The van der Waals surface area contributed by atoms with Gasteiger partial charge >= 0.3 is 0 Å². The maximum absolute atomic E-state index is 12.8. The van der Waals surface area contributed by atoms with Gasteiger partial charge in [0.15, 0.2) is 5.82 Å². The van der Waals surface area contributed by atoms with Gasteiger partial charge < -0.3 is 9.42 Å². The third-order valence-electron chi connectivity index (χ3n) is 4.92. The van der Waals surface area contributed by atoms with Crippen LogP contribution in [0, 0.1) is 0 Å². The molecular weight excluding hydrogens is 356 g/mol. The quantitative estimate of drug-likeness (QED) is 0.719. The van der Waals surface area contributed by atoms with Crippen LogP contribution < -0.4 is 0 Å². The first-order valence-corrected chi connectivity index (χ1v) is 10.5. The second-order valence-electron chi connectivity index (χ2n) is 8.15. The highest BCUT2D eigenvalue weighted by atomic mass is 32.2. The van der Waals surface area contributed by atoms with E-state index in [9.17, 15) is 8.42 Å². The van der Waals surface area contributed by atoms with Gasteiger partial charge in [0.2, 0.25) is 5.89 Å². The molecule has 0 spiro atoms. The van der Waals surface area contributed by atoms with Crippen molar-refractivity contribution < 1.29 is 12.9 Å². The van der Waals surface area contributed by atoms with E-state index in [0.29, 0.717) is 57.5 Å². The molecule has 0 saturated carbocycles. The molecule has 2 fully saturated rings. The molecule has 1 aromatic heterocycles. The molecule has 0 bridgehead atoms. The smallest absolute Gasteiger partial charge is 0.282 e. The van der Waals surface area contributed by atoms with E-state index < -0.39 is 10.2 Å². The van der Waals surface area contributed by atoms with Crippen molar-refractivity contribution in [2.24, 2.45) is 0 Å². The lowest BCUT2D eigenvalue weighted by Gasteiger charge is -2.38. The number of nitrogens with zero attached hydrogens (tertiary/aromatic N) is 6. The average molecular weight is 387 g/mol. The molecule has 3 rings (SSSR count). The first-order valence-electron chi connectivity index (χ1n) is 9.15. The molecule has 0 N–H and O–H groups in total. The summed E-state index contributed by atoms with van der Waals surface area (Å²) in [5.74, 6) is 1.29. The Hall–Kier alpha value is -1.07. The van der Waals surface area contributed by atoms with E-state index in [4.69, 9.17) is 4.52 Å². The predicted molar refractivity (Wildman–Crippen MR) is 97.8 cm³/mol. The van der Waals surface area contributed by atoms with Gasteiger partial charge in [-0.1, -0.05) is 25.9 Å². The third kappa shape index (κ3) is 4.42. The van der Waals surface area contributed by atoms with E-state index in [0.717, 1.165) is 13.1 Å². The van der Waals surface area contributed by atoms with Crippen LogP contribution in [0.2, 0.25) is 0 Å². The standard InChI is InChI=1S/C16H30N6O3S/c1-16(2,3)15-17-14(18-25-15)13-20-7-11-22(12-8-20)26(23,24)21-9-5-19(4)6-10-21/h5-13H2,1-4H3. The van der Waals surface area contributed by atoms with Crippen LogP contribution >= 0.6 is 0 Å². The molecule has 0 atom stereocenters. The number of hydrogen-bond donors (Lipinski definition) is 0. The van der Waals surface area contributed by atoms with Gasteiger partial charge in [0.1, 0.15) is 0 Å². The molecule has 0 unspecified atom stereocenters. The van der Waals surface area contributed by atoms with E-state index in [1.807, 2.05) is 27.8 Å². The SMILES string of the molecule is CN1CCN(S(=O)(=O)N2CCN(Cc3noc(C(C)(C)C)n3)CC2)CC1. The van der Waals surface area contributed by atoms with E-state index in [2.05, 4.69) is 19.9 Å². The summed E-state index contributed by atoms with van der Waals surface area (Å²) in [6.07, 6.45) is 0. The van der Waals surface area contributed by atoms with Crippen molar-refractivity contribution in [3.8, 4) is 0 Å². The predicted octanol–water partition coefficient (Wildman–Crippen LogP) is -0.0231. The number of hydrogen-bond acceptors (Lipinski definition) is 7. The molecule has 2 aliphatic heterocycles. The molecule has 9 nitrogen and oxygen atoms in total. The van der Waals surface area contributed by atoms with Crippen LogP contribution in [0.4, 0.5) is 0 Å². The zero-order valence-corrected chi connectivity index (χ0v) is 17.0. The van der Waals surface area contributed by atoms with Crippen LogP contribution in [0.15, 0.2) is 4.52 Å². The summed E-state index contributed by atoms with van der Waals surface area (Å²) in [6, 6.07) is 0. The van der Waals surface area contributed by atoms with Crippen molar-refractivity contribution in [1.29, 1.82) is 0 Å². The van der Waals surface area contributed by atoms with Crippen LogP contribution in [-0.2, 0) is 22.2 Å². The Labute approximate surface area is 156 Å². The second kappa shape index (κ2) is 7.51. The molecule has 2 saturated heterocycles. The van der Waals surface area contributed by atoms with Gasteiger partial charge in [-0.3, -0.25) is 4.90 Å². The summed E-state index contributed by atoms with van der Waals surface area (Å²) in [7, 11) is -1.34. The van der Waals surface area contributed by atoms with E-state index in [-0.39, 0.29) is 5.41 Å². The summed E-state index contributed by atoms with van der Waals surface area (Å²) >= 11 is 0. The Bertz CT molecular complexity index is 698. The van der Waals surface area contributed by atoms with Crippen molar-refractivity contribution in [2.45, 2.75) is 32.7 Å². The Morgan fingerprint density at radius 1 is 0.962 bits per heavy atom. The van der Waals surface area contributed by atoms with Crippen LogP contribution in [0.5, 0.6) is 0 Å². The monoisotopic (exact) mass is 386 g/mol. The molecule has 0 radical (unpaired) electrons. The summed E-state index contributed by atoms with van der Waals surface area (Å²) in [5.41, 5.74) is -0.166. The van der Waals surface area contributed by atoms with Gasteiger partial charge in [-0.25, -0.2) is 0 Å². The van der Waals surface area contributed by atoms with Crippen molar-refractivity contribution in [1.82, 2.24) is 28.6 Å². The van der Waals surface area contributed by atoms with Crippen molar-refractivity contribution in [3.63, 3.8) is 0 Å². The lowest BCUT2D eigenvalue weighted by atomic mass is 9.97. The van der Waals surface area contributed by atoms with Crippen LogP contribution in [-0.4, -0.2) is 96.4 Å². The second-order valence-corrected chi connectivity index (χ2v) is 10.1. The first-order chi connectivity index (χ1) is 12.2. The Morgan fingerprint density at radius 3 is 2.00 bits per heavy atom. The molecule has 1 aromatic rings. The van der Waals surface area contributed by atoms with Crippen molar-refractivity contribution in [3.05, 3.63) is 11.7 Å². The van der Waals surface area contributed by atoms with Crippen LogP contribution in [0.25, 0.3) is 0 Å². The van der Waals surface area contributed by atoms with Crippen LogP contribution in [0.1, 0.15) is 32.5 Å². The third-order valence-corrected chi connectivity index (χ3v) is 6.96. The largest absolute Gasteiger partial charge is 0.339 e. The maximum atomic E-state index is 12.8. The lowest BCUT2D eigenvalue weighted by molar-refractivity contribution is 0.161. The van der Waals surface area contributed by atoms with Gasteiger partial charge in [-0.15, -0.1) is 0 Å². The Balaban J connectivity index is 1.53. The number of aromatic nitrogens is 2. The summed E-state index contributed by atoms with van der Waals surface area (Å²) in [4.78, 5) is 8.79. The fraction of sp³-hybridized carbons (Fsp3) is 0.875. The number of piperazine rings is 2. The van der Waals surface area contributed by atoms with Gasteiger partial charge in [-0.2, -0.15) is 22.0 Å². The molecule has 2 aliphatic rings. The zero-order valence-electron chi connectivity index (χ0n) is 16.2. The van der Waals surface area contributed by atoms with Gasteiger partial charge in [0, 0.05) is 57.8 Å². The van der Waals surface area contributed by atoms with Gasteiger partial charge in [-0.05, 0) is 7.05 Å². The van der Waals surface area contributed by atoms with E-state index in [1.165, 1.54) is 0 Å². The molecule has 0 amide bonds. The topological polar surface area (TPSA) is 86.0 Å². The van der Waals surface area contributed by atoms with Crippen molar-refractivity contribution >= 4 is 10.2 Å². The average Bonchev–Trinajstić information content (AvgIpc) is 3.05. The van der Waals surface area contributed by atoms with Crippen molar-refractivity contribution in [2.75, 3.05) is 59.4 Å². The van der Waals surface area contributed by atoms with Gasteiger partial charge in [0.05, 0.1) is 6.54 Å². The summed E-state index contributed by atoms with van der Waals surface area (Å²) < 4.78 is 34.1. The normalized spacial score (nSPS) is 22.8. The lowest BCUT2D eigenvalue weighted by Crippen LogP contribution is -2.56. The fourth-order valence-electron chi connectivity index (χ4n) is 3.12. The highest BCUT2D eigenvalue weighted by Crippen LogP contribution is 2.20. The number of likely N-dealkylation sites (N-methyl/N-ethyl adjacent to an activating group) is 1. The van der Waals surface area contributed by atoms with Crippen LogP contribution in [0.3, 0.4) is 0 Å². The zero-order chi connectivity index (χ0) is 18.9. The fourth-order valence-corrected chi connectivity index (χ4v) is 4.70. The maximum Gasteiger partial charge on any atom is 0.282 e. The molecule has 148 valence electrons.